The van der Waals surface area contributed by atoms with E-state index in [-0.39, 0.29) is 11.3 Å². The van der Waals surface area contributed by atoms with E-state index in [0.717, 1.165) is 54.3 Å². The molecule has 0 radical (unpaired) electrons. The van der Waals surface area contributed by atoms with Crippen LogP contribution in [0.5, 0.6) is 17.2 Å². The highest BCUT2D eigenvalue weighted by molar-refractivity contribution is 7.15. The Morgan fingerprint density at radius 2 is 1.79 bits per heavy atom. The maximum Gasteiger partial charge on any atom is 0.348 e. The molecule has 0 atom stereocenters. The van der Waals surface area contributed by atoms with Gasteiger partial charge in [-0.2, -0.15) is 0 Å². The zero-order valence-corrected chi connectivity index (χ0v) is 22.2. The SMILES string of the molecule is Cc1cnc(NC(=O)c2cc(Oc3ccc(-c4nnc5n4CCC5)cc3)cc(OC3(C(=O)O)CCCC3)c2)s1. The molecule has 4 aromatic rings. The third kappa shape index (κ3) is 5.09. The van der Waals surface area contributed by atoms with Gasteiger partial charge in [-0.15, -0.1) is 21.5 Å². The molecule has 0 bridgehead atoms. The number of carboxylic acid groups (broad SMARTS) is 1. The molecule has 0 saturated heterocycles. The molecule has 2 N–H and O–H groups in total. The molecule has 200 valence electrons. The number of ether oxygens (including phenoxy) is 2. The molecule has 10 nitrogen and oxygen atoms in total. The molecule has 39 heavy (non-hydrogen) atoms. The summed E-state index contributed by atoms with van der Waals surface area (Å²) in [5.74, 6) is 1.58. The van der Waals surface area contributed by atoms with Gasteiger partial charge in [0.15, 0.2) is 11.0 Å². The van der Waals surface area contributed by atoms with Crippen LogP contribution in [-0.2, 0) is 17.8 Å². The standard InChI is InChI=1S/C28H27N5O5S/c1-17-16-29-27(39-17)30-25(34)19-13-21(15-22(14-19)38-28(26(35)36)10-2-3-11-28)37-20-8-6-18(7-9-20)24-32-31-23-5-4-12-33(23)24/h6-9,13-16H,2-5,10-12H2,1H3,(H,35,36)(H,29,30,34). The molecule has 0 unspecified atom stereocenters. The van der Waals surface area contributed by atoms with Crippen LogP contribution in [0.2, 0.25) is 0 Å². The van der Waals surface area contributed by atoms with Gasteiger partial charge in [0, 0.05) is 41.2 Å². The lowest BCUT2D eigenvalue weighted by Crippen LogP contribution is -2.41. The van der Waals surface area contributed by atoms with Crippen LogP contribution in [-0.4, -0.2) is 42.3 Å². The van der Waals surface area contributed by atoms with Crippen molar-refractivity contribution in [2.24, 2.45) is 0 Å². The van der Waals surface area contributed by atoms with Crippen LogP contribution >= 0.6 is 11.3 Å². The molecule has 1 fully saturated rings. The molecule has 1 aliphatic heterocycles. The average Bonchev–Trinajstić information content (AvgIpc) is 3.71. The Bertz CT molecular complexity index is 1540. The van der Waals surface area contributed by atoms with E-state index in [0.29, 0.717) is 29.5 Å². The fourth-order valence-electron chi connectivity index (χ4n) is 5.11. The van der Waals surface area contributed by atoms with Gasteiger partial charge in [-0.25, -0.2) is 9.78 Å². The van der Waals surface area contributed by atoms with E-state index in [1.165, 1.54) is 11.3 Å². The normalized spacial score (nSPS) is 15.6. The number of anilines is 1. The van der Waals surface area contributed by atoms with Crippen LogP contribution in [0.25, 0.3) is 11.4 Å². The van der Waals surface area contributed by atoms with Crippen LogP contribution in [0, 0.1) is 6.92 Å². The van der Waals surface area contributed by atoms with Crippen molar-refractivity contribution in [3.63, 3.8) is 0 Å². The van der Waals surface area contributed by atoms with E-state index >= 15 is 0 Å². The van der Waals surface area contributed by atoms with Crippen LogP contribution in [0.4, 0.5) is 5.13 Å². The second kappa shape index (κ2) is 10.1. The molecule has 11 heteroatoms. The molecule has 0 spiro atoms. The largest absolute Gasteiger partial charge is 0.478 e. The highest BCUT2D eigenvalue weighted by Crippen LogP contribution is 2.37. The third-order valence-corrected chi connectivity index (χ3v) is 7.88. The Kier molecular flexibility index (Phi) is 6.51. The van der Waals surface area contributed by atoms with Crippen LogP contribution < -0.4 is 14.8 Å². The second-order valence-corrected chi connectivity index (χ2v) is 11.1. The summed E-state index contributed by atoms with van der Waals surface area (Å²) in [5, 5.41) is 21.8. The number of nitrogens with zero attached hydrogens (tertiary/aromatic N) is 4. The van der Waals surface area contributed by atoms with Crippen molar-refractivity contribution in [1.82, 2.24) is 19.7 Å². The first-order valence-electron chi connectivity index (χ1n) is 12.9. The number of thiazole rings is 1. The van der Waals surface area contributed by atoms with Crippen LogP contribution in [0.1, 0.15) is 53.2 Å². The Labute approximate surface area is 228 Å². The second-order valence-electron chi connectivity index (χ2n) is 9.85. The fraction of sp³-hybridized carbons (Fsp3) is 0.321. The van der Waals surface area contributed by atoms with Crippen molar-refractivity contribution in [3.8, 4) is 28.6 Å². The number of rotatable bonds is 8. The molecule has 1 saturated carbocycles. The number of carbonyl (C=O) groups is 2. The molecular weight excluding hydrogens is 518 g/mol. The first-order valence-corrected chi connectivity index (χ1v) is 13.7. The predicted octanol–water partition coefficient (Wildman–Crippen LogP) is 5.48. The molecule has 3 heterocycles. The number of nitrogens with one attached hydrogen (secondary N) is 1. The van der Waals surface area contributed by atoms with E-state index in [1.807, 2.05) is 31.2 Å². The average molecular weight is 546 g/mol. The minimum absolute atomic E-state index is 0.257. The summed E-state index contributed by atoms with van der Waals surface area (Å²) in [7, 11) is 0. The van der Waals surface area contributed by atoms with Crippen molar-refractivity contribution in [2.45, 2.75) is 57.6 Å². The number of carbonyl (C=O) groups excluding carboxylic acids is 1. The van der Waals surface area contributed by atoms with Gasteiger partial charge in [-0.3, -0.25) is 10.1 Å². The van der Waals surface area contributed by atoms with Crippen molar-refractivity contribution in [2.75, 3.05) is 5.32 Å². The van der Waals surface area contributed by atoms with E-state index in [1.54, 1.807) is 24.4 Å². The van der Waals surface area contributed by atoms with Crippen LogP contribution in [0.15, 0.2) is 48.7 Å². The number of amides is 1. The lowest BCUT2D eigenvalue weighted by atomic mass is 10.0. The van der Waals surface area contributed by atoms with Crippen molar-refractivity contribution >= 4 is 28.3 Å². The first-order chi connectivity index (χ1) is 18.9. The number of hydrogen-bond donors (Lipinski definition) is 2. The van der Waals surface area contributed by atoms with Gasteiger partial charge in [0.05, 0.1) is 0 Å². The molecule has 2 aromatic carbocycles. The molecule has 2 aliphatic rings. The zero-order chi connectivity index (χ0) is 27.0. The van der Waals surface area contributed by atoms with Gasteiger partial charge in [0.25, 0.3) is 5.91 Å². The monoisotopic (exact) mass is 545 g/mol. The topological polar surface area (TPSA) is 128 Å². The van der Waals surface area contributed by atoms with E-state index in [2.05, 4.69) is 25.1 Å². The van der Waals surface area contributed by atoms with Crippen molar-refractivity contribution < 1.29 is 24.2 Å². The number of aliphatic carboxylic acids is 1. The molecule has 2 aromatic heterocycles. The van der Waals surface area contributed by atoms with E-state index in [9.17, 15) is 14.7 Å². The molecular formula is C28H27N5O5S. The number of aryl methyl sites for hydroxylation is 2. The summed E-state index contributed by atoms with van der Waals surface area (Å²) < 4.78 is 14.3. The van der Waals surface area contributed by atoms with E-state index in [4.69, 9.17) is 9.47 Å². The van der Waals surface area contributed by atoms with Gasteiger partial charge in [-0.1, -0.05) is 0 Å². The predicted molar refractivity (Wildman–Crippen MR) is 145 cm³/mol. The molecule has 6 rings (SSSR count). The summed E-state index contributed by atoms with van der Waals surface area (Å²) in [6.07, 6.45) is 6.03. The highest BCUT2D eigenvalue weighted by atomic mass is 32.1. The highest BCUT2D eigenvalue weighted by Gasteiger charge is 2.44. The summed E-state index contributed by atoms with van der Waals surface area (Å²) in [4.78, 5) is 30.4. The van der Waals surface area contributed by atoms with Gasteiger partial charge >= 0.3 is 5.97 Å². The lowest BCUT2D eigenvalue weighted by molar-refractivity contribution is -0.154. The number of benzene rings is 2. The van der Waals surface area contributed by atoms with Gasteiger partial charge in [0.1, 0.15) is 23.1 Å². The smallest absolute Gasteiger partial charge is 0.348 e. The number of aromatic nitrogens is 4. The third-order valence-electron chi connectivity index (χ3n) is 7.06. The maximum absolute atomic E-state index is 13.1. The summed E-state index contributed by atoms with van der Waals surface area (Å²) in [5.41, 5.74) is -0.119. The number of carboxylic acids is 1. The van der Waals surface area contributed by atoms with Crippen LogP contribution in [0.3, 0.4) is 0 Å². The quantitative estimate of drug-likeness (QED) is 0.298. The first kappa shape index (κ1) is 25.1. The van der Waals surface area contributed by atoms with Gasteiger partial charge < -0.3 is 19.1 Å². The Balaban J connectivity index is 1.28. The van der Waals surface area contributed by atoms with E-state index < -0.39 is 17.5 Å². The Morgan fingerprint density at radius 1 is 1.03 bits per heavy atom. The fourth-order valence-corrected chi connectivity index (χ4v) is 5.77. The van der Waals surface area contributed by atoms with Gasteiger partial charge in [0.2, 0.25) is 5.60 Å². The summed E-state index contributed by atoms with van der Waals surface area (Å²) in [6, 6.07) is 12.3. The minimum atomic E-state index is -1.32. The Morgan fingerprint density at radius 3 is 2.51 bits per heavy atom. The molecule has 1 amide bonds. The number of fused-ring (bicyclic) bond motifs is 1. The summed E-state index contributed by atoms with van der Waals surface area (Å²) in [6.45, 7) is 2.81. The van der Waals surface area contributed by atoms with Crippen molar-refractivity contribution in [3.05, 3.63) is 64.9 Å². The summed E-state index contributed by atoms with van der Waals surface area (Å²) >= 11 is 1.36. The Hall–Kier alpha value is -4.25. The number of hydrogen-bond acceptors (Lipinski definition) is 8. The zero-order valence-electron chi connectivity index (χ0n) is 21.3. The minimum Gasteiger partial charge on any atom is -0.478 e. The maximum atomic E-state index is 13.1. The lowest BCUT2D eigenvalue weighted by Gasteiger charge is -2.26. The van der Waals surface area contributed by atoms with Gasteiger partial charge in [-0.05, 0) is 75.4 Å². The van der Waals surface area contributed by atoms with Crippen molar-refractivity contribution in [1.29, 1.82) is 0 Å². The molecule has 1 aliphatic carbocycles.